The van der Waals surface area contributed by atoms with Crippen molar-refractivity contribution in [3.63, 3.8) is 0 Å². The van der Waals surface area contributed by atoms with Gasteiger partial charge in [-0.25, -0.2) is 9.38 Å². The second-order valence-corrected chi connectivity index (χ2v) is 6.51. The number of halogens is 1. The maximum absolute atomic E-state index is 13.9. The third kappa shape index (κ3) is 2.41. The maximum Gasteiger partial charge on any atom is 0.275 e. The zero-order valence-corrected chi connectivity index (χ0v) is 13.5. The van der Waals surface area contributed by atoms with Gasteiger partial charge in [0.2, 0.25) is 0 Å². The molecule has 1 aromatic heterocycles. The van der Waals surface area contributed by atoms with Gasteiger partial charge < -0.3 is 16.0 Å². The molecule has 4 rings (SSSR count). The minimum atomic E-state index is -0.595. The number of rotatable bonds is 1. The first kappa shape index (κ1) is 15.0. The summed E-state index contributed by atoms with van der Waals surface area (Å²) in [4.78, 5) is 18.6. The van der Waals surface area contributed by atoms with Crippen LogP contribution in [0.15, 0.2) is 28.6 Å². The number of carbonyl (C=O) groups excluding carboxylic acids is 1. The molecule has 1 amide bonds. The van der Waals surface area contributed by atoms with Gasteiger partial charge in [-0.1, -0.05) is 10.6 Å². The first-order chi connectivity index (χ1) is 11.6. The molecule has 9 heteroatoms. The normalized spacial score (nSPS) is 18.7. The highest BCUT2D eigenvalue weighted by Gasteiger charge is 2.39. The SMILES string of the molecule is NC1=NC2(CCN(C(=O)c3csnn3)CC2)Nc2cccc(F)c21. The van der Waals surface area contributed by atoms with Gasteiger partial charge in [0.1, 0.15) is 17.3 Å². The van der Waals surface area contributed by atoms with Gasteiger partial charge in [0, 0.05) is 37.0 Å². The Balaban J connectivity index is 1.54. The Morgan fingerprint density at radius 1 is 1.38 bits per heavy atom. The summed E-state index contributed by atoms with van der Waals surface area (Å²) in [5.74, 6) is -0.317. The van der Waals surface area contributed by atoms with Gasteiger partial charge >= 0.3 is 0 Å². The van der Waals surface area contributed by atoms with Crippen LogP contribution in [0.1, 0.15) is 28.9 Å². The highest BCUT2D eigenvalue weighted by atomic mass is 32.1. The molecular formula is C15H15FN6OS. The van der Waals surface area contributed by atoms with Crippen molar-refractivity contribution >= 4 is 29.0 Å². The van der Waals surface area contributed by atoms with E-state index in [9.17, 15) is 9.18 Å². The first-order valence-corrected chi connectivity index (χ1v) is 8.40. The fourth-order valence-electron chi connectivity index (χ4n) is 3.19. The van der Waals surface area contributed by atoms with E-state index >= 15 is 0 Å². The molecule has 0 saturated carbocycles. The average Bonchev–Trinajstić information content (AvgIpc) is 3.09. The van der Waals surface area contributed by atoms with Crippen LogP contribution in [0.4, 0.5) is 10.1 Å². The predicted molar refractivity (Wildman–Crippen MR) is 88.5 cm³/mol. The Hall–Kier alpha value is -2.55. The van der Waals surface area contributed by atoms with Gasteiger partial charge in [0.15, 0.2) is 5.69 Å². The molecule has 124 valence electrons. The Morgan fingerprint density at radius 2 is 2.17 bits per heavy atom. The van der Waals surface area contributed by atoms with Crippen LogP contribution in [0, 0.1) is 5.82 Å². The lowest BCUT2D eigenvalue weighted by Crippen LogP contribution is -2.52. The number of nitrogens with zero attached hydrogens (tertiary/aromatic N) is 4. The van der Waals surface area contributed by atoms with Crippen LogP contribution in [0.5, 0.6) is 0 Å². The molecule has 2 aliphatic heterocycles. The molecule has 0 atom stereocenters. The number of hydrogen-bond donors (Lipinski definition) is 2. The van der Waals surface area contributed by atoms with E-state index in [2.05, 4.69) is 19.9 Å². The molecule has 0 bridgehead atoms. The maximum atomic E-state index is 13.9. The van der Waals surface area contributed by atoms with Crippen molar-refractivity contribution in [3.05, 3.63) is 40.7 Å². The Kier molecular flexibility index (Phi) is 3.45. The second kappa shape index (κ2) is 5.52. The number of nitrogens with two attached hydrogens (primary N) is 1. The van der Waals surface area contributed by atoms with E-state index in [1.165, 1.54) is 6.07 Å². The molecule has 2 aromatic rings. The minimum absolute atomic E-state index is 0.127. The van der Waals surface area contributed by atoms with E-state index in [0.29, 0.717) is 42.9 Å². The van der Waals surface area contributed by atoms with Gasteiger partial charge in [0.25, 0.3) is 5.91 Å². The molecule has 0 unspecified atom stereocenters. The van der Waals surface area contributed by atoms with E-state index < -0.39 is 5.66 Å². The van der Waals surface area contributed by atoms with E-state index in [1.54, 1.807) is 22.4 Å². The van der Waals surface area contributed by atoms with Crippen molar-refractivity contribution in [2.24, 2.45) is 10.7 Å². The zero-order chi connectivity index (χ0) is 16.7. The minimum Gasteiger partial charge on any atom is -0.383 e. The van der Waals surface area contributed by atoms with Crippen LogP contribution in [-0.2, 0) is 0 Å². The van der Waals surface area contributed by atoms with E-state index in [-0.39, 0.29) is 17.6 Å². The van der Waals surface area contributed by atoms with Gasteiger partial charge in [-0.2, -0.15) is 0 Å². The van der Waals surface area contributed by atoms with Crippen molar-refractivity contribution in [3.8, 4) is 0 Å². The summed E-state index contributed by atoms with van der Waals surface area (Å²) in [5.41, 5.74) is 6.72. The quantitative estimate of drug-likeness (QED) is 0.814. The number of aromatic nitrogens is 2. The Labute approximate surface area is 141 Å². The summed E-state index contributed by atoms with van der Waals surface area (Å²) in [7, 11) is 0. The second-order valence-electron chi connectivity index (χ2n) is 5.90. The number of hydrogen-bond acceptors (Lipinski definition) is 7. The third-order valence-corrected chi connectivity index (χ3v) is 4.93. The number of benzene rings is 1. The van der Waals surface area contributed by atoms with Crippen molar-refractivity contribution in [2.45, 2.75) is 18.5 Å². The van der Waals surface area contributed by atoms with Crippen LogP contribution >= 0.6 is 11.5 Å². The molecule has 1 spiro atoms. The highest BCUT2D eigenvalue weighted by molar-refractivity contribution is 7.03. The molecule has 24 heavy (non-hydrogen) atoms. The van der Waals surface area contributed by atoms with Crippen molar-refractivity contribution in [2.75, 3.05) is 18.4 Å². The smallest absolute Gasteiger partial charge is 0.275 e. The molecule has 0 radical (unpaired) electrons. The van der Waals surface area contributed by atoms with E-state index in [1.807, 2.05) is 0 Å². The fourth-order valence-corrected chi connectivity index (χ4v) is 3.62. The van der Waals surface area contributed by atoms with Crippen LogP contribution in [0.25, 0.3) is 0 Å². The number of likely N-dealkylation sites (tertiary alicyclic amines) is 1. The Bertz CT molecular complexity index is 813. The third-order valence-electron chi connectivity index (χ3n) is 4.43. The summed E-state index contributed by atoms with van der Waals surface area (Å²) in [6.45, 7) is 1.04. The molecule has 3 heterocycles. The van der Waals surface area contributed by atoms with Gasteiger partial charge in [-0.15, -0.1) is 5.10 Å². The summed E-state index contributed by atoms with van der Waals surface area (Å²) in [5, 5.41) is 8.77. The number of fused-ring (bicyclic) bond motifs is 1. The molecule has 1 aromatic carbocycles. The number of amidine groups is 1. The summed E-state index contributed by atoms with van der Waals surface area (Å²) in [6, 6.07) is 4.80. The largest absolute Gasteiger partial charge is 0.383 e. The van der Waals surface area contributed by atoms with E-state index in [0.717, 1.165) is 11.5 Å². The average molecular weight is 346 g/mol. The van der Waals surface area contributed by atoms with Crippen molar-refractivity contribution in [1.29, 1.82) is 0 Å². The first-order valence-electron chi connectivity index (χ1n) is 7.57. The van der Waals surface area contributed by atoms with E-state index in [4.69, 9.17) is 5.73 Å². The van der Waals surface area contributed by atoms with Gasteiger partial charge in [0.05, 0.1) is 5.56 Å². The molecule has 7 nitrogen and oxygen atoms in total. The number of amides is 1. The van der Waals surface area contributed by atoms with Gasteiger partial charge in [-0.3, -0.25) is 4.79 Å². The van der Waals surface area contributed by atoms with Crippen LogP contribution < -0.4 is 11.1 Å². The summed E-state index contributed by atoms with van der Waals surface area (Å²) >= 11 is 1.15. The lowest BCUT2D eigenvalue weighted by molar-refractivity contribution is 0.0679. The number of piperidine rings is 1. The van der Waals surface area contributed by atoms with Crippen LogP contribution in [0.3, 0.4) is 0 Å². The summed E-state index contributed by atoms with van der Waals surface area (Å²) < 4.78 is 17.7. The monoisotopic (exact) mass is 346 g/mol. The summed E-state index contributed by atoms with van der Waals surface area (Å²) in [6.07, 6.45) is 1.18. The predicted octanol–water partition coefficient (Wildman–Crippen LogP) is 1.44. The number of nitrogens with one attached hydrogen (secondary N) is 1. The topological polar surface area (TPSA) is 96.5 Å². The highest BCUT2D eigenvalue weighted by Crippen LogP contribution is 2.35. The molecule has 0 aliphatic carbocycles. The number of carbonyl (C=O) groups is 1. The molecular weight excluding hydrogens is 331 g/mol. The standard InChI is InChI=1S/C15H15FN6OS/c16-9-2-1-3-10-12(9)13(17)19-15(18-10)4-6-22(7-5-15)14(23)11-8-24-21-20-11/h1-3,8,18H,4-7H2,(H2,17,19). The lowest BCUT2D eigenvalue weighted by Gasteiger charge is -2.42. The number of aliphatic imine (C=N–C) groups is 1. The molecule has 1 saturated heterocycles. The number of anilines is 1. The van der Waals surface area contributed by atoms with Gasteiger partial charge in [-0.05, 0) is 23.7 Å². The zero-order valence-electron chi connectivity index (χ0n) is 12.7. The van der Waals surface area contributed by atoms with Crippen LogP contribution in [0.2, 0.25) is 0 Å². The Morgan fingerprint density at radius 3 is 2.88 bits per heavy atom. The van der Waals surface area contributed by atoms with Crippen LogP contribution in [-0.4, -0.2) is 45.0 Å². The molecule has 3 N–H and O–H groups in total. The molecule has 1 fully saturated rings. The molecule has 2 aliphatic rings. The van der Waals surface area contributed by atoms with Crippen molar-refractivity contribution < 1.29 is 9.18 Å². The fraction of sp³-hybridized carbons (Fsp3) is 0.333. The lowest BCUT2D eigenvalue weighted by atomic mass is 9.93. The van der Waals surface area contributed by atoms with Crippen molar-refractivity contribution in [1.82, 2.24) is 14.5 Å².